The molecule has 4 rings (SSSR count). The zero-order valence-corrected chi connectivity index (χ0v) is 22.6. The number of hydrogen-bond donors (Lipinski definition) is 1. The Bertz CT molecular complexity index is 1420. The third kappa shape index (κ3) is 6.13. The summed E-state index contributed by atoms with van der Waals surface area (Å²) in [5, 5.41) is 9.46. The summed E-state index contributed by atoms with van der Waals surface area (Å²) in [4.78, 5) is 17.5. The second-order valence-electron chi connectivity index (χ2n) is 8.29. The number of aliphatic hydroxyl groups excluding tert-OH is 1. The van der Waals surface area contributed by atoms with Crippen LogP contribution in [0.3, 0.4) is 0 Å². The van der Waals surface area contributed by atoms with E-state index in [1.165, 1.54) is 6.33 Å². The van der Waals surface area contributed by atoms with Crippen LogP contribution in [-0.4, -0.2) is 54.5 Å². The molecule has 0 aliphatic carbocycles. The lowest BCUT2D eigenvalue weighted by molar-refractivity contribution is 0.0663. The molecule has 0 bridgehead atoms. The van der Waals surface area contributed by atoms with Gasteiger partial charge in [-0.15, -0.1) is 0 Å². The van der Waals surface area contributed by atoms with Gasteiger partial charge in [-0.25, -0.2) is 9.37 Å². The molecule has 0 amide bonds. The fraction of sp³-hybridized carbons (Fsp3) is 0.259. The van der Waals surface area contributed by atoms with Crippen molar-refractivity contribution in [3.8, 4) is 11.5 Å². The molecule has 0 spiro atoms. The van der Waals surface area contributed by atoms with E-state index in [1.54, 1.807) is 49.1 Å². The number of carbonyl (C=O) groups excluding carboxylic acids is 1. The maximum absolute atomic E-state index is 16.0. The predicted molar refractivity (Wildman–Crippen MR) is 143 cm³/mol. The fourth-order valence-electron chi connectivity index (χ4n) is 4.06. The Morgan fingerprint density at radius 2 is 1.86 bits per heavy atom. The lowest BCUT2D eigenvalue weighted by Gasteiger charge is -2.14. The number of ketones is 1. The molecule has 194 valence electrons. The van der Waals surface area contributed by atoms with Crippen LogP contribution in [0.4, 0.5) is 4.39 Å². The number of carbonyl (C=O) groups is 1. The Morgan fingerprint density at radius 3 is 2.51 bits per heavy atom. The molecule has 37 heavy (non-hydrogen) atoms. The smallest absolute Gasteiger partial charge is 0.188 e. The molecule has 0 aliphatic rings. The molecule has 0 saturated heterocycles. The number of halogens is 3. The monoisotopic (exact) mass is 590 g/mol. The zero-order valence-electron chi connectivity index (χ0n) is 20.3. The van der Waals surface area contributed by atoms with Crippen LogP contribution in [-0.2, 0) is 17.7 Å². The molecule has 1 heterocycles. The first-order chi connectivity index (χ1) is 17.8. The second-order valence-corrected chi connectivity index (χ2v) is 9.61. The lowest BCUT2D eigenvalue weighted by atomic mass is 9.95. The molecule has 4 aromatic rings. The highest BCUT2D eigenvalue weighted by atomic mass is 79.9. The van der Waals surface area contributed by atoms with E-state index < -0.39 is 11.6 Å². The average molecular weight is 592 g/mol. The Balaban J connectivity index is 1.80. The molecule has 0 unspecified atom stereocenters. The van der Waals surface area contributed by atoms with Crippen molar-refractivity contribution < 1.29 is 28.5 Å². The van der Waals surface area contributed by atoms with Crippen LogP contribution in [0.15, 0.2) is 53.3 Å². The highest BCUT2D eigenvalue weighted by Gasteiger charge is 2.23. The zero-order chi connectivity index (χ0) is 26.5. The lowest BCUT2D eigenvalue weighted by Crippen LogP contribution is -2.15. The normalized spacial score (nSPS) is 11.2. The number of rotatable bonds is 11. The Hall–Kier alpha value is -2.98. The van der Waals surface area contributed by atoms with Crippen LogP contribution >= 0.6 is 27.5 Å². The fourth-order valence-corrected chi connectivity index (χ4v) is 4.80. The van der Waals surface area contributed by atoms with Gasteiger partial charge in [-0.05, 0) is 41.5 Å². The summed E-state index contributed by atoms with van der Waals surface area (Å²) in [5.74, 6) is 0.239. The van der Waals surface area contributed by atoms with Crippen LogP contribution < -0.4 is 9.47 Å². The second kappa shape index (κ2) is 12.0. The van der Waals surface area contributed by atoms with Gasteiger partial charge < -0.3 is 23.9 Å². The highest BCUT2D eigenvalue weighted by Crippen LogP contribution is 2.31. The molecule has 1 N–H and O–H groups in total. The van der Waals surface area contributed by atoms with E-state index in [9.17, 15) is 4.79 Å². The van der Waals surface area contributed by atoms with Crippen molar-refractivity contribution in [1.29, 1.82) is 0 Å². The number of fused-ring (bicyclic) bond motifs is 1. The van der Waals surface area contributed by atoms with Crippen LogP contribution in [0.25, 0.3) is 11.0 Å². The van der Waals surface area contributed by atoms with Crippen molar-refractivity contribution >= 4 is 44.3 Å². The minimum absolute atomic E-state index is 0.0000540. The molecule has 7 nitrogen and oxygen atoms in total. The molecule has 1 aromatic heterocycles. The molecule has 3 aromatic carbocycles. The quantitative estimate of drug-likeness (QED) is 0.185. The summed E-state index contributed by atoms with van der Waals surface area (Å²) in [6.07, 6.45) is 1.63. The summed E-state index contributed by atoms with van der Waals surface area (Å²) < 4.78 is 34.5. The van der Waals surface area contributed by atoms with Gasteiger partial charge in [-0.3, -0.25) is 4.79 Å². The Morgan fingerprint density at radius 1 is 1.14 bits per heavy atom. The van der Waals surface area contributed by atoms with Gasteiger partial charge in [0.15, 0.2) is 11.6 Å². The van der Waals surface area contributed by atoms with Crippen molar-refractivity contribution in [2.45, 2.75) is 13.0 Å². The van der Waals surface area contributed by atoms with Gasteiger partial charge in [0.25, 0.3) is 0 Å². The number of Topliss-reactive ketones (excluding diaryl/α,β-unsaturated/α-hetero) is 1. The van der Waals surface area contributed by atoms with E-state index in [4.69, 9.17) is 30.9 Å². The first-order valence-electron chi connectivity index (χ1n) is 11.4. The molecule has 0 fully saturated rings. The summed E-state index contributed by atoms with van der Waals surface area (Å²) in [6.45, 7) is -0.178. The highest BCUT2D eigenvalue weighted by molar-refractivity contribution is 9.10. The van der Waals surface area contributed by atoms with Gasteiger partial charge in [-0.2, -0.15) is 0 Å². The topological polar surface area (TPSA) is 82.8 Å². The molecule has 0 saturated carbocycles. The Labute approximate surface area is 226 Å². The molecule has 0 radical (unpaired) electrons. The van der Waals surface area contributed by atoms with Crippen LogP contribution in [0, 0.1) is 5.82 Å². The van der Waals surface area contributed by atoms with E-state index in [-0.39, 0.29) is 42.9 Å². The van der Waals surface area contributed by atoms with E-state index >= 15 is 4.39 Å². The number of ether oxygens (including phenoxy) is 3. The molecule has 0 aliphatic heterocycles. The van der Waals surface area contributed by atoms with Gasteiger partial charge in [0.2, 0.25) is 0 Å². The third-order valence-corrected chi connectivity index (χ3v) is 6.72. The molecular weight excluding hydrogens is 567 g/mol. The number of hydrogen-bond acceptors (Lipinski definition) is 6. The van der Waals surface area contributed by atoms with Gasteiger partial charge in [0, 0.05) is 39.7 Å². The third-order valence-electron chi connectivity index (χ3n) is 5.87. The van der Waals surface area contributed by atoms with Crippen LogP contribution in [0.1, 0.15) is 27.0 Å². The maximum atomic E-state index is 16.0. The van der Waals surface area contributed by atoms with Crippen molar-refractivity contribution in [3.63, 3.8) is 0 Å². The number of aromatic nitrogens is 2. The van der Waals surface area contributed by atoms with Gasteiger partial charge in [0.1, 0.15) is 23.6 Å². The maximum Gasteiger partial charge on any atom is 0.188 e. The number of methoxy groups -OCH3 is 2. The largest absolute Gasteiger partial charge is 0.497 e. The number of benzene rings is 3. The summed E-state index contributed by atoms with van der Waals surface area (Å²) in [7, 11) is 3.13. The molecule has 0 atom stereocenters. The minimum atomic E-state index is -0.594. The van der Waals surface area contributed by atoms with Crippen molar-refractivity contribution in [2.75, 3.05) is 34.0 Å². The van der Waals surface area contributed by atoms with E-state index in [0.717, 1.165) is 10.0 Å². The summed E-state index contributed by atoms with van der Waals surface area (Å²) >= 11 is 9.77. The number of imidazole rings is 1. The summed E-state index contributed by atoms with van der Waals surface area (Å²) in [5.41, 5.74) is 2.47. The Kier molecular flexibility index (Phi) is 8.81. The predicted octanol–water partition coefficient (Wildman–Crippen LogP) is 5.44. The standard InChI is InChI=1S/C27H25BrClFN2O5/c1-35-19-7-16(8-20(11-19)36-2)13-32-15-31-27-24(32)12-21(25(34)14-37-6-5-33)22(26(27)30)9-17-3-4-18(28)10-23(17)29/h3-4,7-8,10-12,15,33H,5-6,9,13-14H2,1-2H3. The first kappa shape index (κ1) is 27.1. The molecular formula is C27H25BrClFN2O5. The van der Waals surface area contributed by atoms with Crippen molar-refractivity contribution in [3.05, 3.63) is 86.4 Å². The van der Waals surface area contributed by atoms with Gasteiger partial charge >= 0.3 is 0 Å². The van der Waals surface area contributed by atoms with Gasteiger partial charge in [-0.1, -0.05) is 33.6 Å². The average Bonchev–Trinajstić information content (AvgIpc) is 3.29. The van der Waals surface area contributed by atoms with Crippen LogP contribution in [0.5, 0.6) is 11.5 Å². The van der Waals surface area contributed by atoms with Crippen molar-refractivity contribution in [2.24, 2.45) is 0 Å². The SMILES string of the molecule is COc1cc(Cn2cnc3c(F)c(Cc4ccc(Br)cc4Cl)c(C(=O)COCCO)cc32)cc(OC)c1. The molecule has 10 heteroatoms. The number of aliphatic hydroxyl groups is 1. The van der Waals surface area contributed by atoms with Gasteiger partial charge in [0.05, 0.1) is 39.3 Å². The number of nitrogens with zero attached hydrogens (tertiary/aromatic N) is 2. The summed E-state index contributed by atoms with van der Waals surface area (Å²) in [6, 6.07) is 12.4. The van der Waals surface area contributed by atoms with E-state index in [0.29, 0.717) is 34.1 Å². The van der Waals surface area contributed by atoms with Crippen molar-refractivity contribution in [1.82, 2.24) is 9.55 Å². The first-order valence-corrected chi connectivity index (χ1v) is 12.6. The minimum Gasteiger partial charge on any atom is -0.497 e. The van der Waals surface area contributed by atoms with E-state index in [2.05, 4.69) is 20.9 Å². The van der Waals surface area contributed by atoms with E-state index in [1.807, 2.05) is 12.1 Å². The van der Waals surface area contributed by atoms with Crippen LogP contribution in [0.2, 0.25) is 5.02 Å².